The molecule has 0 heterocycles. The summed E-state index contributed by atoms with van der Waals surface area (Å²) in [5.74, 6) is 0.615. The van der Waals surface area contributed by atoms with Crippen LogP contribution in [-0.2, 0) is 0 Å². The number of hydrogen-bond donors (Lipinski definition) is 0. The van der Waals surface area contributed by atoms with E-state index >= 15 is 4.39 Å². The third-order valence-electron chi connectivity index (χ3n) is 6.49. The van der Waals surface area contributed by atoms with E-state index in [1.54, 1.807) is 12.1 Å². The minimum Gasteiger partial charge on any atom is -0.206 e. The average Bonchev–Trinajstić information content (AvgIpc) is 2.75. The van der Waals surface area contributed by atoms with Crippen molar-refractivity contribution in [2.75, 3.05) is 0 Å². The Hall–Kier alpha value is -1.93. The molecular weight excluding hydrogens is 386 g/mol. The zero-order valence-electron chi connectivity index (χ0n) is 16.9. The van der Waals surface area contributed by atoms with Crippen LogP contribution in [0.15, 0.2) is 48.5 Å². The predicted molar refractivity (Wildman–Crippen MR) is 119 cm³/mol. The molecule has 1 saturated carbocycles. The van der Waals surface area contributed by atoms with Crippen LogP contribution in [0.4, 0.5) is 8.78 Å². The minimum absolute atomic E-state index is 0.0454. The summed E-state index contributed by atoms with van der Waals surface area (Å²) in [4.78, 5) is 0. The van der Waals surface area contributed by atoms with Gasteiger partial charge in [0.2, 0.25) is 0 Å². The van der Waals surface area contributed by atoms with Crippen molar-refractivity contribution in [3.63, 3.8) is 0 Å². The monoisotopic (exact) mass is 412 g/mol. The Bertz CT molecular complexity index is 1000. The normalized spacial score (nSPS) is 19.6. The van der Waals surface area contributed by atoms with Crippen molar-refractivity contribution in [1.82, 2.24) is 0 Å². The number of rotatable bonds is 5. The Morgan fingerprint density at radius 2 is 1.72 bits per heavy atom. The summed E-state index contributed by atoms with van der Waals surface area (Å²) in [6, 6.07) is 14.2. The van der Waals surface area contributed by atoms with Gasteiger partial charge in [-0.25, -0.2) is 8.78 Å². The van der Waals surface area contributed by atoms with Gasteiger partial charge in [0, 0.05) is 10.9 Å². The summed E-state index contributed by atoms with van der Waals surface area (Å²) in [5.41, 5.74) is 2.22. The van der Waals surface area contributed by atoms with E-state index in [2.05, 4.69) is 19.1 Å². The fourth-order valence-electron chi connectivity index (χ4n) is 4.73. The summed E-state index contributed by atoms with van der Waals surface area (Å²) in [6.45, 7) is 2.26. The fraction of sp³-hybridized carbons (Fsp3) is 0.385. The van der Waals surface area contributed by atoms with Gasteiger partial charge in [0.05, 0.1) is 5.02 Å². The molecule has 0 spiro atoms. The minimum atomic E-state index is -0.534. The summed E-state index contributed by atoms with van der Waals surface area (Å²) in [6.07, 6.45) is 9.04. The number of benzene rings is 3. The van der Waals surface area contributed by atoms with Crippen LogP contribution in [0.5, 0.6) is 0 Å². The first-order chi connectivity index (χ1) is 14.1. The van der Waals surface area contributed by atoms with Gasteiger partial charge in [-0.15, -0.1) is 0 Å². The SMILES string of the molecule is CCCCC1CCC(c2ccc3c(F)c(-c4ccc(Cl)c(F)c4)ccc3c2)CC1. The van der Waals surface area contributed by atoms with Gasteiger partial charge < -0.3 is 0 Å². The van der Waals surface area contributed by atoms with E-state index < -0.39 is 5.82 Å². The number of halogens is 3. The summed E-state index contributed by atoms with van der Waals surface area (Å²) < 4.78 is 29.0. The molecule has 0 atom stereocenters. The molecule has 0 amide bonds. The maximum absolute atomic E-state index is 15.2. The molecule has 3 heteroatoms. The molecule has 0 N–H and O–H groups in total. The van der Waals surface area contributed by atoms with Crippen LogP contribution in [0.25, 0.3) is 21.9 Å². The quantitative estimate of drug-likeness (QED) is 0.392. The lowest BCUT2D eigenvalue weighted by atomic mass is 9.77. The van der Waals surface area contributed by atoms with Crippen molar-refractivity contribution >= 4 is 22.4 Å². The summed E-state index contributed by atoms with van der Waals surface area (Å²) >= 11 is 5.76. The smallest absolute Gasteiger partial charge is 0.142 e. The van der Waals surface area contributed by atoms with Gasteiger partial charge in [0.1, 0.15) is 11.6 Å². The Labute approximate surface area is 176 Å². The zero-order valence-corrected chi connectivity index (χ0v) is 17.6. The summed E-state index contributed by atoms with van der Waals surface area (Å²) in [7, 11) is 0. The standard InChI is InChI=1S/C26H27ClF2/c1-2-3-4-17-5-7-18(8-6-17)19-9-12-22-20(15-19)10-13-23(26(22)29)21-11-14-24(27)25(28)16-21/h9-18H,2-8H2,1H3. The molecule has 3 aromatic rings. The van der Waals surface area contributed by atoms with Gasteiger partial charge in [0.15, 0.2) is 0 Å². The molecule has 0 aliphatic heterocycles. The van der Waals surface area contributed by atoms with Crippen LogP contribution < -0.4 is 0 Å². The van der Waals surface area contributed by atoms with Gasteiger partial charge in [-0.05, 0) is 66.2 Å². The molecule has 3 aromatic carbocycles. The average molecular weight is 413 g/mol. The van der Waals surface area contributed by atoms with E-state index in [9.17, 15) is 4.39 Å². The van der Waals surface area contributed by atoms with E-state index in [0.29, 0.717) is 22.4 Å². The molecule has 29 heavy (non-hydrogen) atoms. The van der Waals surface area contributed by atoms with Crippen LogP contribution in [-0.4, -0.2) is 0 Å². The summed E-state index contributed by atoms with van der Waals surface area (Å²) in [5, 5.41) is 1.54. The van der Waals surface area contributed by atoms with E-state index in [1.165, 1.54) is 62.6 Å². The van der Waals surface area contributed by atoms with Gasteiger partial charge in [-0.3, -0.25) is 0 Å². The van der Waals surface area contributed by atoms with E-state index in [1.807, 2.05) is 12.1 Å². The van der Waals surface area contributed by atoms with Crippen LogP contribution in [0.1, 0.15) is 63.4 Å². The molecule has 0 nitrogen and oxygen atoms in total. The molecule has 0 bridgehead atoms. The van der Waals surface area contributed by atoms with Gasteiger partial charge in [-0.2, -0.15) is 0 Å². The highest BCUT2D eigenvalue weighted by molar-refractivity contribution is 6.30. The first-order valence-electron chi connectivity index (χ1n) is 10.7. The fourth-order valence-corrected chi connectivity index (χ4v) is 4.85. The first kappa shape index (κ1) is 20.3. The van der Waals surface area contributed by atoms with Crippen LogP contribution in [0, 0.1) is 17.6 Å². The molecule has 152 valence electrons. The molecule has 0 unspecified atom stereocenters. The molecule has 1 fully saturated rings. The van der Waals surface area contributed by atoms with Crippen LogP contribution in [0.2, 0.25) is 5.02 Å². The Balaban J connectivity index is 1.57. The molecule has 1 aliphatic rings. The second kappa shape index (κ2) is 8.83. The van der Waals surface area contributed by atoms with E-state index in [-0.39, 0.29) is 10.8 Å². The second-order valence-electron chi connectivity index (χ2n) is 8.40. The van der Waals surface area contributed by atoms with Crippen LogP contribution >= 0.6 is 11.6 Å². The van der Waals surface area contributed by atoms with Gasteiger partial charge >= 0.3 is 0 Å². The third kappa shape index (κ3) is 4.33. The molecule has 1 aliphatic carbocycles. The molecule has 0 radical (unpaired) electrons. The Morgan fingerprint density at radius 3 is 2.45 bits per heavy atom. The topological polar surface area (TPSA) is 0 Å². The van der Waals surface area contributed by atoms with Crippen molar-refractivity contribution in [2.45, 2.75) is 57.8 Å². The molecular formula is C26H27ClF2. The van der Waals surface area contributed by atoms with Crippen molar-refractivity contribution in [3.8, 4) is 11.1 Å². The highest BCUT2D eigenvalue weighted by Crippen LogP contribution is 2.39. The van der Waals surface area contributed by atoms with E-state index in [0.717, 1.165) is 11.3 Å². The zero-order chi connectivity index (χ0) is 20.4. The maximum Gasteiger partial charge on any atom is 0.142 e. The lowest BCUT2D eigenvalue weighted by Crippen LogP contribution is -2.13. The van der Waals surface area contributed by atoms with Crippen molar-refractivity contribution in [2.24, 2.45) is 5.92 Å². The van der Waals surface area contributed by atoms with Crippen LogP contribution in [0.3, 0.4) is 0 Å². The number of hydrogen-bond acceptors (Lipinski definition) is 0. The van der Waals surface area contributed by atoms with E-state index in [4.69, 9.17) is 11.6 Å². The first-order valence-corrected chi connectivity index (χ1v) is 11.1. The highest BCUT2D eigenvalue weighted by Gasteiger charge is 2.22. The largest absolute Gasteiger partial charge is 0.206 e. The predicted octanol–water partition coefficient (Wildman–Crippen LogP) is 8.90. The van der Waals surface area contributed by atoms with Crippen molar-refractivity contribution < 1.29 is 8.78 Å². The lowest BCUT2D eigenvalue weighted by Gasteiger charge is -2.29. The second-order valence-corrected chi connectivity index (χ2v) is 8.80. The Kier molecular flexibility index (Phi) is 6.20. The van der Waals surface area contributed by atoms with Gasteiger partial charge in [-0.1, -0.05) is 74.2 Å². The number of unbranched alkanes of at least 4 members (excludes halogenated alkanes) is 1. The number of fused-ring (bicyclic) bond motifs is 1. The maximum atomic E-state index is 15.2. The van der Waals surface area contributed by atoms with Gasteiger partial charge in [0.25, 0.3) is 0 Å². The highest BCUT2D eigenvalue weighted by atomic mass is 35.5. The molecule has 4 rings (SSSR count). The molecule has 0 aromatic heterocycles. The van der Waals surface area contributed by atoms with Crippen molar-refractivity contribution in [1.29, 1.82) is 0 Å². The lowest BCUT2D eigenvalue weighted by molar-refractivity contribution is 0.304. The molecule has 0 saturated heterocycles. The van der Waals surface area contributed by atoms with Crippen molar-refractivity contribution in [3.05, 3.63) is 70.8 Å². The third-order valence-corrected chi connectivity index (χ3v) is 6.80. The Morgan fingerprint density at radius 1 is 0.931 bits per heavy atom.